The van der Waals surface area contributed by atoms with Gasteiger partial charge in [-0.1, -0.05) is 15.9 Å². The predicted molar refractivity (Wildman–Crippen MR) is 121 cm³/mol. The first-order valence-electron chi connectivity index (χ1n) is 8.61. The Morgan fingerprint density at radius 1 is 1.07 bits per heavy atom. The SMILES string of the molecule is Br.COc1ccc(N=c2nc(N3CCOCC3)n(-c3ccc(Br)cc3)s2)cc1. The number of ether oxygens (including phenoxy) is 2. The number of hydrogen-bond acceptors (Lipinski definition) is 6. The van der Waals surface area contributed by atoms with Gasteiger partial charge in [0.2, 0.25) is 10.7 Å². The standard InChI is InChI=1S/C19H19BrN4O2S.BrH/c1-25-17-8-4-15(5-9-17)21-18-22-19(23-10-12-26-13-11-23)24(27-18)16-6-2-14(20)3-7-16;/h2-9H,10-13H2,1H3;1H. The molecule has 0 unspecified atom stereocenters. The number of morpholine rings is 1. The lowest BCUT2D eigenvalue weighted by Gasteiger charge is -2.27. The first-order chi connectivity index (χ1) is 13.2. The molecule has 1 fully saturated rings. The molecule has 0 bridgehead atoms. The maximum Gasteiger partial charge on any atom is 0.229 e. The smallest absolute Gasteiger partial charge is 0.229 e. The lowest BCUT2D eigenvalue weighted by Crippen LogP contribution is -2.37. The Labute approximate surface area is 186 Å². The van der Waals surface area contributed by atoms with Gasteiger partial charge in [0.25, 0.3) is 0 Å². The Kier molecular flexibility index (Phi) is 7.28. The highest BCUT2D eigenvalue weighted by molar-refractivity contribution is 9.10. The van der Waals surface area contributed by atoms with Crippen LogP contribution in [0.5, 0.6) is 5.75 Å². The molecule has 1 saturated heterocycles. The fourth-order valence-electron chi connectivity index (χ4n) is 2.79. The molecule has 1 aliphatic heterocycles. The molecule has 0 amide bonds. The van der Waals surface area contributed by atoms with Crippen molar-refractivity contribution in [1.29, 1.82) is 0 Å². The fourth-order valence-corrected chi connectivity index (χ4v) is 3.96. The van der Waals surface area contributed by atoms with Crippen molar-refractivity contribution in [1.82, 2.24) is 8.94 Å². The van der Waals surface area contributed by atoms with Crippen molar-refractivity contribution in [2.75, 3.05) is 38.3 Å². The van der Waals surface area contributed by atoms with Crippen molar-refractivity contribution >= 4 is 56.1 Å². The number of nitrogens with zero attached hydrogens (tertiary/aromatic N) is 4. The Morgan fingerprint density at radius 3 is 2.39 bits per heavy atom. The highest BCUT2D eigenvalue weighted by Crippen LogP contribution is 2.23. The van der Waals surface area contributed by atoms with Crippen LogP contribution in [0.3, 0.4) is 0 Å². The number of benzene rings is 2. The Bertz CT molecular complexity index is 965. The molecular weight excluding hydrogens is 508 g/mol. The van der Waals surface area contributed by atoms with E-state index in [0.717, 1.165) is 40.6 Å². The van der Waals surface area contributed by atoms with E-state index in [1.807, 2.05) is 36.4 Å². The summed E-state index contributed by atoms with van der Waals surface area (Å²) in [7, 11) is 1.66. The lowest BCUT2D eigenvalue weighted by atomic mass is 10.3. The monoisotopic (exact) mass is 526 g/mol. The zero-order valence-corrected chi connectivity index (χ0v) is 19.4. The summed E-state index contributed by atoms with van der Waals surface area (Å²) >= 11 is 5.02. The van der Waals surface area contributed by atoms with Gasteiger partial charge in [0.1, 0.15) is 5.75 Å². The maximum absolute atomic E-state index is 5.49. The van der Waals surface area contributed by atoms with Crippen LogP contribution in [0.4, 0.5) is 11.6 Å². The molecular formula is C19H20Br2N4O2S. The van der Waals surface area contributed by atoms with Gasteiger partial charge in [0.15, 0.2) is 0 Å². The number of anilines is 1. The van der Waals surface area contributed by atoms with Crippen LogP contribution in [-0.2, 0) is 4.74 Å². The largest absolute Gasteiger partial charge is 0.497 e. The van der Waals surface area contributed by atoms with Gasteiger partial charge < -0.3 is 14.4 Å². The molecule has 148 valence electrons. The minimum Gasteiger partial charge on any atom is -0.497 e. The second-order valence-electron chi connectivity index (χ2n) is 5.97. The molecule has 9 heteroatoms. The summed E-state index contributed by atoms with van der Waals surface area (Å²) in [6.45, 7) is 3.07. The van der Waals surface area contributed by atoms with E-state index in [1.54, 1.807) is 7.11 Å². The molecule has 0 spiro atoms. The summed E-state index contributed by atoms with van der Waals surface area (Å²) in [4.78, 5) is 12.5. The topological polar surface area (TPSA) is 51.9 Å². The minimum absolute atomic E-state index is 0. The van der Waals surface area contributed by atoms with E-state index in [0.29, 0.717) is 18.0 Å². The average molecular weight is 528 g/mol. The maximum atomic E-state index is 5.49. The predicted octanol–water partition coefficient (Wildman–Crippen LogP) is 4.35. The van der Waals surface area contributed by atoms with Crippen LogP contribution in [0.15, 0.2) is 58.0 Å². The van der Waals surface area contributed by atoms with E-state index < -0.39 is 0 Å². The second kappa shape index (κ2) is 9.69. The van der Waals surface area contributed by atoms with Crippen LogP contribution in [0.1, 0.15) is 0 Å². The molecule has 6 nitrogen and oxygen atoms in total. The van der Waals surface area contributed by atoms with Crippen LogP contribution in [0.25, 0.3) is 5.69 Å². The van der Waals surface area contributed by atoms with E-state index in [2.05, 4.69) is 36.9 Å². The molecule has 0 atom stereocenters. The molecule has 28 heavy (non-hydrogen) atoms. The minimum atomic E-state index is 0. The molecule has 3 aromatic rings. The van der Waals surface area contributed by atoms with E-state index in [-0.39, 0.29) is 17.0 Å². The third kappa shape index (κ3) is 4.83. The van der Waals surface area contributed by atoms with E-state index in [9.17, 15) is 0 Å². The summed E-state index contributed by atoms with van der Waals surface area (Å²) in [5.74, 6) is 1.71. The number of aromatic nitrogens is 2. The molecule has 0 N–H and O–H groups in total. The molecule has 1 aromatic heterocycles. The van der Waals surface area contributed by atoms with Crippen LogP contribution >= 0.6 is 44.4 Å². The first kappa shape index (κ1) is 21.0. The Balaban J connectivity index is 0.00000225. The average Bonchev–Trinajstić information content (AvgIpc) is 3.13. The normalized spacial score (nSPS) is 14.6. The van der Waals surface area contributed by atoms with Crippen molar-refractivity contribution in [3.8, 4) is 11.4 Å². The number of halogens is 2. The third-order valence-corrected chi connectivity index (χ3v) is 5.63. The summed E-state index contributed by atoms with van der Waals surface area (Å²) in [6.07, 6.45) is 0. The van der Waals surface area contributed by atoms with Gasteiger partial charge in [-0.2, -0.15) is 4.98 Å². The molecule has 0 saturated carbocycles. The van der Waals surface area contributed by atoms with E-state index in [1.165, 1.54) is 11.5 Å². The Hall–Kier alpha value is -1.68. The lowest BCUT2D eigenvalue weighted by molar-refractivity contribution is 0.122. The van der Waals surface area contributed by atoms with Gasteiger partial charge >= 0.3 is 0 Å². The molecule has 1 aliphatic rings. The summed E-state index contributed by atoms with van der Waals surface area (Å²) in [5, 5.41) is 0. The number of rotatable bonds is 4. The second-order valence-corrected chi connectivity index (χ2v) is 7.79. The van der Waals surface area contributed by atoms with Gasteiger partial charge in [0.05, 0.1) is 31.7 Å². The van der Waals surface area contributed by atoms with Crippen LogP contribution in [0, 0.1) is 0 Å². The van der Waals surface area contributed by atoms with Crippen LogP contribution < -0.4 is 14.4 Å². The zero-order valence-electron chi connectivity index (χ0n) is 15.2. The van der Waals surface area contributed by atoms with Crippen LogP contribution in [0.2, 0.25) is 0 Å². The third-order valence-electron chi connectivity index (χ3n) is 4.20. The number of hydrogen-bond donors (Lipinski definition) is 0. The van der Waals surface area contributed by atoms with E-state index in [4.69, 9.17) is 19.5 Å². The van der Waals surface area contributed by atoms with E-state index >= 15 is 0 Å². The van der Waals surface area contributed by atoms with Crippen molar-refractivity contribution in [3.63, 3.8) is 0 Å². The molecule has 0 radical (unpaired) electrons. The van der Waals surface area contributed by atoms with Crippen molar-refractivity contribution in [3.05, 3.63) is 57.8 Å². The van der Waals surface area contributed by atoms with Crippen molar-refractivity contribution in [2.45, 2.75) is 0 Å². The quantitative estimate of drug-likeness (QED) is 0.506. The first-order valence-corrected chi connectivity index (χ1v) is 10.2. The summed E-state index contributed by atoms with van der Waals surface area (Å²) < 4.78 is 13.9. The van der Waals surface area contributed by atoms with Gasteiger partial charge in [-0.05, 0) is 60.1 Å². The van der Waals surface area contributed by atoms with Crippen LogP contribution in [-0.4, -0.2) is 42.4 Å². The number of methoxy groups -OCH3 is 1. The molecule has 4 rings (SSSR count). The van der Waals surface area contributed by atoms with Gasteiger partial charge in [0, 0.05) is 17.6 Å². The molecule has 2 aromatic carbocycles. The zero-order chi connectivity index (χ0) is 18.6. The fraction of sp³-hybridized carbons (Fsp3) is 0.263. The highest BCUT2D eigenvalue weighted by Gasteiger charge is 2.18. The van der Waals surface area contributed by atoms with Crippen molar-refractivity contribution in [2.24, 2.45) is 4.99 Å². The summed E-state index contributed by atoms with van der Waals surface area (Å²) in [5.41, 5.74) is 1.91. The molecule has 0 aliphatic carbocycles. The van der Waals surface area contributed by atoms with Crippen molar-refractivity contribution < 1.29 is 9.47 Å². The van der Waals surface area contributed by atoms with Gasteiger partial charge in [-0.15, -0.1) is 17.0 Å². The Morgan fingerprint density at radius 2 is 1.75 bits per heavy atom. The van der Waals surface area contributed by atoms with Gasteiger partial charge in [-0.25, -0.2) is 8.95 Å². The summed E-state index contributed by atoms with van der Waals surface area (Å²) in [6, 6.07) is 15.9. The van der Waals surface area contributed by atoms with Gasteiger partial charge in [-0.3, -0.25) is 0 Å². The molecule has 2 heterocycles. The highest BCUT2D eigenvalue weighted by atomic mass is 79.9.